The van der Waals surface area contributed by atoms with Crippen molar-refractivity contribution in [2.75, 3.05) is 13.1 Å². The Kier molecular flexibility index (Phi) is 4.29. The van der Waals surface area contributed by atoms with E-state index in [1.54, 1.807) is 0 Å². The highest BCUT2D eigenvalue weighted by Gasteiger charge is 2.26. The molecule has 0 spiro atoms. The lowest BCUT2D eigenvalue weighted by Crippen LogP contribution is -2.39. The molecule has 8 nitrogen and oxygen atoms in total. The van der Waals surface area contributed by atoms with Gasteiger partial charge in [0.15, 0.2) is 11.6 Å². The fraction of sp³-hybridized carbons (Fsp3) is 0.412. The van der Waals surface area contributed by atoms with Crippen LogP contribution >= 0.6 is 0 Å². The number of benzene rings is 1. The van der Waals surface area contributed by atoms with Crippen LogP contribution in [-0.2, 0) is 18.2 Å². The molecule has 1 N–H and O–H groups in total. The molecule has 2 atom stereocenters. The molecule has 0 aliphatic carbocycles. The van der Waals surface area contributed by atoms with E-state index in [-0.39, 0.29) is 12.2 Å². The molecule has 25 heavy (non-hydrogen) atoms. The lowest BCUT2D eigenvalue weighted by molar-refractivity contribution is -0.0438. The smallest absolute Gasteiger partial charge is 0.257 e. The van der Waals surface area contributed by atoms with Gasteiger partial charge in [0.25, 0.3) is 5.89 Å². The molecule has 1 aliphatic heterocycles. The van der Waals surface area contributed by atoms with Gasteiger partial charge in [-0.05, 0) is 6.92 Å². The first-order chi connectivity index (χ1) is 12.2. The third-order valence-corrected chi connectivity index (χ3v) is 4.23. The molecule has 0 radical (unpaired) electrons. The summed E-state index contributed by atoms with van der Waals surface area (Å²) in [7, 11) is 1.94. The van der Waals surface area contributed by atoms with Gasteiger partial charge in [-0.2, -0.15) is 4.98 Å². The van der Waals surface area contributed by atoms with Crippen LogP contribution in [0.4, 0.5) is 0 Å². The number of aromatic nitrogens is 5. The molecule has 8 heteroatoms. The summed E-state index contributed by atoms with van der Waals surface area (Å²) in [5.74, 6) is 2.67. The van der Waals surface area contributed by atoms with Crippen molar-refractivity contribution in [2.24, 2.45) is 7.05 Å². The zero-order valence-electron chi connectivity index (χ0n) is 14.2. The van der Waals surface area contributed by atoms with Gasteiger partial charge in [0.1, 0.15) is 11.9 Å². The van der Waals surface area contributed by atoms with Crippen molar-refractivity contribution < 1.29 is 9.26 Å². The maximum atomic E-state index is 5.83. The van der Waals surface area contributed by atoms with Gasteiger partial charge in [-0.1, -0.05) is 35.5 Å². The molecule has 0 unspecified atom stereocenters. The minimum absolute atomic E-state index is 0.126. The van der Waals surface area contributed by atoms with Gasteiger partial charge in [0, 0.05) is 25.7 Å². The van der Waals surface area contributed by atoms with Gasteiger partial charge in [-0.3, -0.25) is 0 Å². The monoisotopic (exact) mass is 340 g/mol. The van der Waals surface area contributed by atoms with E-state index >= 15 is 0 Å². The Labute approximate surface area is 145 Å². The van der Waals surface area contributed by atoms with Crippen molar-refractivity contribution in [3.05, 3.63) is 47.9 Å². The molecule has 1 aliphatic rings. The minimum atomic E-state index is -0.204. The number of rotatable bonds is 4. The Hall–Kier alpha value is -2.58. The maximum Gasteiger partial charge on any atom is 0.257 e. The third kappa shape index (κ3) is 3.31. The number of morpholine rings is 1. The second-order valence-corrected chi connectivity index (χ2v) is 6.18. The summed E-state index contributed by atoms with van der Waals surface area (Å²) in [6.07, 6.45) is 0.376. The molecule has 4 rings (SSSR count). The Bertz CT molecular complexity index is 844. The van der Waals surface area contributed by atoms with Crippen molar-refractivity contribution >= 4 is 0 Å². The van der Waals surface area contributed by atoms with Crippen LogP contribution < -0.4 is 5.32 Å². The molecule has 130 valence electrons. The van der Waals surface area contributed by atoms with Crippen LogP contribution in [-0.4, -0.2) is 44.1 Å². The Morgan fingerprint density at radius 1 is 1.20 bits per heavy atom. The van der Waals surface area contributed by atoms with E-state index in [0.717, 1.165) is 23.8 Å². The van der Waals surface area contributed by atoms with Crippen LogP contribution in [0.5, 0.6) is 0 Å². The first-order valence-electron chi connectivity index (χ1n) is 8.33. The molecule has 1 saturated heterocycles. The molecule has 3 aromatic rings. The lowest BCUT2D eigenvalue weighted by Gasteiger charge is -2.25. The van der Waals surface area contributed by atoms with E-state index in [1.807, 2.05) is 48.9 Å². The Morgan fingerprint density at radius 3 is 2.84 bits per heavy atom. The molecular formula is C17H20N6O2. The summed E-state index contributed by atoms with van der Waals surface area (Å²) in [5, 5.41) is 15.9. The number of hydrogen-bond acceptors (Lipinski definition) is 7. The van der Waals surface area contributed by atoms with Gasteiger partial charge in [0.05, 0.1) is 12.5 Å². The fourth-order valence-electron chi connectivity index (χ4n) is 2.91. The van der Waals surface area contributed by atoms with Crippen LogP contribution in [0.15, 0.2) is 34.9 Å². The van der Waals surface area contributed by atoms with Gasteiger partial charge >= 0.3 is 0 Å². The van der Waals surface area contributed by atoms with Gasteiger partial charge in [0.2, 0.25) is 0 Å². The maximum absolute atomic E-state index is 5.83. The summed E-state index contributed by atoms with van der Waals surface area (Å²) >= 11 is 0. The highest BCUT2D eigenvalue weighted by molar-refractivity contribution is 5.54. The van der Waals surface area contributed by atoms with E-state index in [9.17, 15) is 0 Å². The average molecular weight is 340 g/mol. The van der Waals surface area contributed by atoms with Crippen molar-refractivity contribution in [3.8, 4) is 11.4 Å². The zero-order valence-corrected chi connectivity index (χ0v) is 14.2. The van der Waals surface area contributed by atoms with Crippen LogP contribution in [0, 0.1) is 0 Å². The van der Waals surface area contributed by atoms with E-state index in [0.29, 0.717) is 24.7 Å². The summed E-state index contributed by atoms with van der Waals surface area (Å²) < 4.78 is 13.2. The third-order valence-electron chi connectivity index (χ3n) is 4.23. The summed E-state index contributed by atoms with van der Waals surface area (Å²) in [6.45, 7) is 3.52. The lowest BCUT2D eigenvalue weighted by atomic mass is 10.2. The average Bonchev–Trinajstić information content (AvgIpc) is 3.24. The minimum Gasteiger partial charge on any atom is -0.363 e. The van der Waals surface area contributed by atoms with Gasteiger partial charge in [-0.25, -0.2) is 0 Å². The molecule has 1 aromatic carbocycles. The van der Waals surface area contributed by atoms with Crippen molar-refractivity contribution in [3.63, 3.8) is 0 Å². The zero-order chi connectivity index (χ0) is 17.2. The van der Waals surface area contributed by atoms with Crippen LogP contribution in [0.1, 0.15) is 30.6 Å². The second kappa shape index (κ2) is 6.73. The van der Waals surface area contributed by atoms with Crippen LogP contribution in [0.3, 0.4) is 0 Å². The quantitative estimate of drug-likeness (QED) is 0.769. The summed E-state index contributed by atoms with van der Waals surface area (Å²) in [6, 6.07) is 9.96. The van der Waals surface area contributed by atoms with E-state index in [4.69, 9.17) is 9.26 Å². The number of hydrogen-bond donors (Lipinski definition) is 1. The molecular weight excluding hydrogens is 320 g/mol. The predicted octanol–water partition coefficient (Wildman–Crippen LogP) is 1.51. The van der Waals surface area contributed by atoms with Crippen molar-refractivity contribution in [2.45, 2.75) is 25.6 Å². The standard InChI is InChI=1S/C17H20N6O2/c1-11-9-18-10-13(24-11)17-19-14(22-25-17)8-15-20-21-16(23(15)2)12-6-4-3-5-7-12/h3-7,11,13,18H,8-10H2,1-2H3/t11-,13-/m1/s1. The Balaban J connectivity index is 1.51. The molecule has 0 bridgehead atoms. The number of nitrogens with zero attached hydrogens (tertiary/aromatic N) is 5. The van der Waals surface area contributed by atoms with Gasteiger partial charge < -0.3 is 19.1 Å². The fourth-order valence-corrected chi connectivity index (χ4v) is 2.91. The van der Waals surface area contributed by atoms with Crippen molar-refractivity contribution in [1.29, 1.82) is 0 Å². The Morgan fingerprint density at radius 2 is 2.04 bits per heavy atom. The first-order valence-corrected chi connectivity index (χ1v) is 8.33. The molecule has 0 amide bonds. The van der Waals surface area contributed by atoms with E-state index < -0.39 is 0 Å². The summed E-state index contributed by atoms with van der Waals surface area (Å²) in [4.78, 5) is 4.46. The second-order valence-electron chi connectivity index (χ2n) is 6.18. The molecule has 1 fully saturated rings. The normalized spacial score (nSPS) is 20.7. The van der Waals surface area contributed by atoms with E-state index in [1.165, 1.54) is 0 Å². The number of ether oxygens (including phenoxy) is 1. The molecule has 3 heterocycles. The highest BCUT2D eigenvalue weighted by atomic mass is 16.5. The molecule has 2 aromatic heterocycles. The van der Waals surface area contributed by atoms with Crippen molar-refractivity contribution in [1.82, 2.24) is 30.2 Å². The highest BCUT2D eigenvalue weighted by Crippen LogP contribution is 2.21. The topological polar surface area (TPSA) is 90.9 Å². The summed E-state index contributed by atoms with van der Waals surface area (Å²) in [5.41, 5.74) is 1.02. The van der Waals surface area contributed by atoms with Gasteiger partial charge in [-0.15, -0.1) is 10.2 Å². The first kappa shape index (κ1) is 15.9. The SMILES string of the molecule is C[C@@H]1CNC[C@H](c2nc(Cc3nnc(-c4ccccc4)n3C)no2)O1. The van der Waals surface area contributed by atoms with E-state index in [2.05, 4.69) is 25.7 Å². The predicted molar refractivity (Wildman–Crippen MR) is 89.7 cm³/mol. The number of nitrogens with one attached hydrogen (secondary N) is 1. The van der Waals surface area contributed by atoms with Crippen LogP contribution in [0.25, 0.3) is 11.4 Å². The largest absolute Gasteiger partial charge is 0.363 e. The molecule has 0 saturated carbocycles. The van der Waals surface area contributed by atoms with Crippen LogP contribution in [0.2, 0.25) is 0 Å².